The number of carbonyl (C=O) groups excluding carboxylic acids is 1. The van der Waals surface area contributed by atoms with Crippen molar-refractivity contribution in [3.05, 3.63) is 35.4 Å². The number of aliphatic carboxylic acids is 1. The Morgan fingerprint density at radius 1 is 1.08 bits per heavy atom. The van der Waals surface area contributed by atoms with E-state index in [4.69, 9.17) is 5.11 Å². The van der Waals surface area contributed by atoms with Gasteiger partial charge in [0.15, 0.2) is 0 Å². The molecule has 0 unspecified atom stereocenters. The number of carboxylic acids is 1. The number of fused-ring (bicyclic) bond motifs is 1. The van der Waals surface area contributed by atoms with E-state index >= 15 is 0 Å². The molecule has 4 rings (SSSR count). The normalized spacial score (nSPS) is 29.3. The molecule has 0 aromatic heterocycles. The molecule has 2 heterocycles. The molecular weight excluding hydrogens is 332 g/mol. The van der Waals surface area contributed by atoms with Crippen LogP contribution in [0.2, 0.25) is 0 Å². The lowest BCUT2D eigenvalue weighted by atomic mass is 9.81. The lowest BCUT2D eigenvalue weighted by Crippen LogP contribution is -2.43. The monoisotopic (exact) mass is 358 g/mol. The Hall–Kier alpha value is -1.92. The van der Waals surface area contributed by atoms with E-state index in [1.807, 2.05) is 0 Å². The summed E-state index contributed by atoms with van der Waals surface area (Å²) in [6.45, 7) is 2.08. The Morgan fingerprint density at radius 3 is 2.35 bits per heavy atom. The fourth-order valence-corrected chi connectivity index (χ4v) is 5.04. The molecule has 2 saturated heterocycles. The molecule has 2 aliphatic heterocycles. The highest BCUT2D eigenvalue weighted by molar-refractivity contribution is 5.95. The van der Waals surface area contributed by atoms with Crippen LogP contribution < -0.4 is 0 Å². The summed E-state index contributed by atoms with van der Waals surface area (Å²) in [5, 5.41) is 19.1. The predicted octanol–water partition coefficient (Wildman–Crippen LogP) is 1.58. The van der Waals surface area contributed by atoms with Gasteiger partial charge in [-0.15, -0.1) is 0 Å². The van der Waals surface area contributed by atoms with E-state index in [1.165, 1.54) is 25.7 Å². The van der Waals surface area contributed by atoms with Gasteiger partial charge in [-0.05, 0) is 30.5 Å². The number of hydrogen-bond acceptors (Lipinski definition) is 4. The average molecular weight is 358 g/mol. The second-order valence-corrected chi connectivity index (χ2v) is 8.07. The third kappa shape index (κ3) is 2.81. The van der Waals surface area contributed by atoms with Crippen LogP contribution in [-0.2, 0) is 11.4 Å². The summed E-state index contributed by atoms with van der Waals surface area (Å²) in [6.07, 6.45) is 4.81. The van der Waals surface area contributed by atoms with Crippen molar-refractivity contribution in [2.24, 2.45) is 11.3 Å². The van der Waals surface area contributed by atoms with Crippen molar-refractivity contribution in [3.8, 4) is 0 Å². The Bertz CT molecular complexity index is 698. The summed E-state index contributed by atoms with van der Waals surface area (Å²) in [7, 11) is 0. The zero-order valence-electron chi connectivity index (χ0n) is 14.9. The highest BCUT2D eigenvalue weighted by Crippen LogP contribution is 2.45. The zero-order valence-corrected chi connectivity index (χ0v) is 14.9. The summed E-state index contributed by atoms with van der Waals surface area (Å²) in [5.41, 5.74) is 0.480. The maximum absolute atomic E-state index is 12.8. The minimum atomic E-state index is -0.830. The number of carboxylic acid groups (broad SMARTS) is 1. The molecule has 6 nitrogen and oxygen atoms in total. The number of carbonyl (C=O) groups is 2. The van der Waals surface area contributed by atoms with Gasteiger partial charge in [0.05, 0.1) is 6.61 Å². The van der Waals surface area contributed by atoms with Crippen molar-refractivity contribution in [1.29, 1.82) is 0 Å². The zero-order chi connectivity index (χ0) is 18.3. The van der Waals surface area contributed by atoms with Gasteiger partial charge in [0, 0.05) is 43.7 Å². The van der Waals surface area contributed by atoms with Gasteiger partial charge in [0.1, 0.15) is 5.41 Å². The molecule has 2 N–H and O–H groups in total. The smallest absolute Gasteiger partial charge is 0.313 e. The standard InChI is InChI=1S/C20H26N2O4/c23-11-14-5-7-15(8-6-14)18(24)22-10-16-9-21(17-3-1-2-4-17)12-20(16,13-22)19(25)26/h5-8,16-17,23H,1-4,9-13H2,(H,25,26)/t16-,20-/m0/s1. The third-order valence-corrected chi connectivity index (χ3v) is 6.57. The summed E-state index contributed by atoms with van der Waals surface area (Å²) in [6, 6.07) is 7.41. The van der Waals surface area contributed by atoms with Gasteiger partial charge in [-0.2, -0.15) is 0 Å². The lowest BCUT2D eigenvalue weighted by Gasteiger charge is -2.28. The maximum atomic E-state index is 12.8. The van der Waals surface area contributed by atoms with Crippen molar-refractivity contribution in [3.63, 3.8) is 0 Å². The van der Waals surface area contributed by atoms with Crippen LogP contribution in [0.4, 0.5) is 0 Å². The number of aliphatic hydroxyl groups excluding tert-OH is 1. The molecule has 6 heteroatoms. The Kier molecular flexibility index (Phi) is 4.49. The Labute approximate surface area is 153 Å². The van der Waals surface area contributed by atoms with Gasteiger partial charge >= 0.3 is 5.97 Å². The van der Waals surface area contributed by atoms with Crippen molar-refractivity contribution in [2.45, 2.75) is 38.3 Å². The molecule has 0 spiro atoms. The van der Waals surface area contributed by atoms with Crippen molar-refractivity contribution >= 4 is 11.9 Å². The quantitative estimate of drug-likeness (QED) is 0.854. The molecule has 140 valence electrons. The number of rotatable bonds is 4. The minimum Gasteiger partial charge on any atom is -0.481 e. The average Bonchev–Trinajstić information content (AvgIpc) is 3.35. The van der Waals surface area contributed by atoms with Crippen LogP contribution in [0.15, 0.2) is 24.3 Å². The van der Waals surface area contributed by atoms with Crippen LogP contribution in [0.1, 0.15) is 41.6 Å². The SMILES string of the molecule is O=C(c1ccc(CO)cc1)N1C[C@@H]2CN(C3CCCC3)C[C@]2(C(=O)O)C1. The number of likely N-dealkylation sites (tertiary alicyclic amines) is 2. The number of benzene rings is 1. The molecule has 2 atom stereocenters. The summed E-state index contributed by atoms with van der Waals surface area (Å²) in [4.78, 5) is 29.1. The molecule has 1 aromatic rings. The summed E-state index contributed by atoms with van der Waals surface area (Å²) in [5.74, 6) is -0.882. The molecule has 1 aliphatic carbocycles. The number of nitrogens with zero attached hydrogens (tertiary/aromatic N) is 2. The second-order valence-electron chi connectivity index (χ2n) is 8.07. The first-order valence-electron chi connectivity index (χ1n) is 9.50. The molecule has 3 aliphatic rings. The molecule has 0 radical (unpaired) electrons. The van der Waals surface area contributed by atoms with E-state index in [9.17, 15) is 14.7 Å². The lowest BCUT2D eigenvalue weighted by molar-refractivity contribution is -0.148. The van der Waals surface area contributed by atoms with E-state index in [-0.39, 0.29) is 25.0 Å². The van der Waals surface area contributed by atoms with Crippen LogP contribution in [0.3, 0.4) is 0 Å². The molecule has 1 aromatic carbocycles. The molecule has 1 amide bonds. The predicted molar refractivity (Wildman–Crippen MR) is 95.7 cm³/mol. The van der Waals surface area contributed by atoms with Crippen LogP contribution in [0.5, 0.6) is 0 Å². The van der Waals surface area contributed by atoms with Crippen LogP contribution in [-0.4, -0.2) is 64.1 Å². The van der Waals surface area contributed by atoms with Gasteiger partial charge in [-0.1, -0.05) is 25.0 Å². The molecule has 0 bridgehead atoms. The number of hydrogen-bond donors (Lipinski definition) is 2. The van der Waals surface area contributed by atoms with E-state index in [2.05, 4.69) is 4.90 Å². The molecule has 26 heavy (non-hydrogen) atoms. The van der Waals surface area contributed by atoms with Gasteiger partial charge in [0.25, 0.3) is 5.91 Å². The van der Waals surface area contributed by atoms with E-state index < -0.39 is 11.4 Å². The first kappa shape index (κ1) is 17.5. The van der Waals surface area contributed by atoms with E-state index in [0.29, 0.717) is 24.7 Å². The van der Waals surface area contributed by atoms with E-state index in [0.717, 1.165) is 12.1 Å². The maximum Gasteiger partial charge on any atom is 0.313 e. The first-order chi connectivity index (χ1) is 12.5. The summed E-state index contributed by atoms with van der Waals surface area (Å²) >= 11 is 0. The molecule has 3 fully saturated rings. The second kappa shape index (κ2) is 6.67. The van der Waals surface area contributed by atoms with Gasteiger partial charge in [-0.3, -0.25) is 14.5 Å². The minimum absolute atomic E-state index is 0.00117. The largest absolute Gasteiger partial charge is 0.481 e. The number of aliphatic hydroxyl groups is 1. The van der Waals surface area contributed by atoms with Gasteiger partial charge in [-0.25, -0.2) is 0 Å². The summed E-state index contributed by atoms with van der Waals surface area (Å²) < 4.78 is 0. The Balaban J connectivity index is 1.50. The molecular formula is C20H26N2O4. The Morgan fingerprint density at radius 2 is 1.77 bits per heavy atom. The highest BCUT2D eigenvalue weighted by Gasteiger charge is 2.59. The molecule has 1 saturated carbocycles. The van der Waals surface area contributed by atoms with Crippen molar-refractivity contribution < 1.29 is 19.8 Å². The number of amides is 1. The fourth-order valence-electron chi connectivity index (χ4n) is 5.04. The highest BCUT2D eigenvalue weighted by atomic mass is 16.4. The fraction of sp³-hybridized carbons (Fsp3) is 0.600. The van der Waals surface area contributed by atoms with Crippen molar-refractivity contribution in [2.75, 3.05) is 26.2 Å². The van der Waals surface area contributed by atoms with Crippen molar-refractivity contribution in [1.82, 2.24) is 9.80 Å². The van der Waals surface area contributed by atoms with Gasteiger partial charge in [0.2, 0.25) is 0 Å². The first-order valence-corrected chi connectivity index (χ1v) is 9.50. The third-order valence-electron chi connectivity index (χ3n) is 6.57. The van der Waals surface area contributed by atoms with Crippen LogP contribution in [0, 0.1) is 11.3 Å². The van der Waals surface area contributed by atoms with E-state index in [1.54, 1.807) is 29.2 Å². The topological polar surface area (TPSA) is 81.1 Å². The van der Waals surface area contributed by atoms with Crippen LogP contribution >= 0.6 is 0 Å². The van der Waals surface area contributed by atoms with Gasteiger partial charge < -0.3 is 15.1 Å². The van der Waals surface area contributed by atoms with Crippen LogP contribution in [0.25, 0.3) is 0 Å².